The first-order chi connectivity index (χ1) is 8.65. The molecule has 0 amide bonds. The summed E-state index contributed by atoms with van der Waals surface area (Å²) in [5.74, 6) is 0.262. The second-order valence-electron chi connectivity index (χ2n) is 7.76. The monoisotopic (exact) mass is 260 g/mol. The molecule has 0 spiro atoms. The zero-order chi connectivity index (χ0) is 14.4. The molecule has 19 heavy (non-hydrogen) atoms. The number of fused-ring (bicyclic) bond motifs is 1. The molecule has 1 aromatic rings. The van der Waals surface area contributed by atoms with Crippen LogP contribution in [0, 0.1) is 5.92 Å². The van der Waals surface area contributed by atoms with Gasteiger partial charge in [-0.25, -0.2) is 0 Å². The average molecular weight is 260 g/mol. The van der Waals surface area contributed by atoms with E-state index in [9.17, 15) is 5.11 Å². The van der Waals surface area contributed by atoms with Gasteiger partial charge < -0.3 is 5.11 Å². The van der Waals surface area contributed by atoms with Crippen LogP contribution in [0.3, 0.4) is 0 Å². The molecule has 2 rings (SSSR count). The van der Waals surface area contributed by atoms with Crippen molar-refractivity contribution in [2.45, 2.75) is 71.3 Å². The number of aliphatic hydroxyl groups excluding tert-OH is 1. The third-order valence-corrected chi connectivity index (χ3v) is 4.85. The van der Waals surface area contributed by atoms with Gasteiger partial charge in [-0.05, 0) is 46.3 Å². The van der Waals surface area contributed by atoms with Crippen LogP contribution in [-0.2, 0) is 10.8 Å². The molecule has 0 saturated carbocycles. The molecule has 0 radical (unpaired) electrons. The molecule has 0 fully saturated rings. The zero-order valence-corrected chi connectivity index (χ0v) is 13.2. The molecule has 0 bridgehead atoms. The van der Waals surface area contributed by atoms with E-state index < -0.39 is 0 Å². The molecular weight excluding hydrogens is 232 g/mol. The van der Waals surface area contributed by atoms with Crippen LogP contribution >= 0.6 is 0 Å². The summed E-state index contributed by atoms with van der Waals surface area (Å²) in [5.41, 5.74) is 4.44. The number of hydrogen-bond acceptors (Lipinski definition) is 1. The van der Waals surface area contributed by atoms with Crippen molar-refractivity contribution in [3.05, 3.63) is 34.9 Å². The maximum Gasteiger partial charge on any atom is 0.0813 e. The normalized spacial score (nSPS) is 22.1. The summed E-state index contributed by atoms with van der Waals surface area (Å²) in [6, 6.07) is 6.62. The smallest absolute Gasteiger partial charge is 0.0813 e. The van der Waals surface area contributed by atoms with Gasteiger partial charge in [-0.2, -0.15) is 0 Å². The predicted molar refractivity (Wildman–Crippen MR) is 81.5 cm³/mol. The summed E-state index contributed by atoms with van der Waals surface area (Å²) < 4.78 is 0. The highest BCUT2D eigenvalue weighted by Gasteiger charge is 2.37. The fourth-order valence-corrected chi connectivity index (χ4v) is 3.18. The molecule has 1 aliphatic carbocycles. The van der Waals surface area contributed by atoms with E-state index in [0.717, 1.165) is 5.56 Å². The van der Waals surface area contributed by atoms with E-state index in [1.54, 1.807) is 0 Å². The summed E-state index contributed by atoms with van der Waals surface area (Å²) in [7, 11) is 0. The quantitative estimate of drug-likeness (QED) is 0.815. The third-order valence-electron chi connectivity index (χ3n) is 4.85. The van der Waals surface area contributed by atoms with Crippen molar-refractivity contribution in [3.8, 4) is 0 Å². The summed E-state index contributed by atoms with van der Waals surface area (Å²) >= 11 is 0. The molecule has 0 aromatic heterocycles. The van der Waals surface area contributed by atoms with Gasteiger partial charge in [-0.15, -0.1) is 0 Å². The molecule has 0 heterocycles. The van der Waals surface area contributed by atoms with Crippen molar-refractivity contribution in [1.29, 1.82) is 0 Å². The summed E-state index contributed by atoms with van der Waals surface area (Å²) in [5, 5.41) is 10.3. The second kappa shape index (κ2) is 4.63. The van der Waals surface area contributed by atoms with E-state index in [1.807, 2.05) is 0 Å². The highest BCUT2D eigenvalue weighted by atomic mass is 16.3. The van der Waals surface area contributed by atoms with Crippen LogP contribution in [-0.4, -0.2) is 5.11 Å². The van der Waals surface area contributed by atoms with E-state index >= 15 is 0 Å². The summed E-state index contributed by atoms with van der Waals surface area (Å²) in [6.07, 6.45) is 2.10. The van der Waals surface area contributed by atoms with E-state index in [4.69, 9.17) is 0 Å². The number of benzene rings is 1. The van der Waals surface area contributed by atoms with Crippen LogP contribution in [0.15, 0.2) is 18.2 Å². The van der Waals surface area contributed by atoms with Gasteiger partial charge in [-0.3, -0.25) is 0 Å². The maximum atomic E-state index is 10.3. The fourth-order valence-electron chi connectivity index (χ4n) is 3.18. The van der Waals surface area contributed by atoms with Gasteiger partial charge in [0.05, 0.1) is 6.10 Å². The lowest BCUT2D eigenvalue weighted by molar-refractivity contribution is 0.126. The summed E-state index contributed by atoms with van der Waals surface area (Å²) in [4.78, 5) is 0. The SMILES string of the molecule is CC(C)C(O)c1ccc2c(c1)C(C)(C)CCC2(C)C. The van der Waals surface area contributed by atoms with Gasteiger partial charge in [0, 0.05) is 0 Å². The number of rotatable bonds is 2. The van der Waals surface area contributed by atoms with Crippen LogP contribution in [0.25, 0.3) is 0 Å². The van der Waals surface area contributed by atoms with E-state index in [2.05, 4.69) is 59.7 Å². The first kappa shape index (κ1) is 14.6. The molecule has 1 unspecified atom stereocenters. The molecule has 0 aliphatic heterocycles. The fraction of sp³-hybridized carbons (Fsp3) is 0.667. The Balaban J connectivity index is 2.53. The minimum atomic E-state index is -0.355. The van der Waals surface area contributed by atoms with Gasteiger partial charge in [0.2, 0.25) is 0 Å². The molecular formula is C18H28O. The van der Waals surface area contributed by atoms with Gasteiger partial charge >= 0.3 is 0 Å². The Morgan fingerprint density at radius 2 is 1.47 bits per heavy atom. The van der Waals surface area contributed by atoms with Gasteiger partial charge in [0.1, 0.15) is 0 Å². The van der Waals surface area contributed by atoms with Crippen molar-refractivity contribution in [2.24, 2.45) is 5.92 Å². The molecule has 1 nitrogen and oxygen atoms in total. The topological polar surface area (TPSA) is 20.2 Å². The largest absolute Gasteiger partial charge is 0.388 e. The molecule has 0 saturated heterocycles. The molecule has 1 aromatic carbocycles. The zero-order valence-electron chi connectivity index (χ0n) is 13.2. The van der Waals surface area contributed by atoms with Crippen molar-refractivity contribution in [1.82, 2.24) is 0 Å². The first-order valence-electron chi connectivity index (χ1n) is 7.48. The Morgan fingerprint density at radius 1 is 0.947 bits per heavy atom. The molecule has 106 valence electrons. The summed E-state index contributed by atoms with van der Waals surface area (Å²) in [6.45, 7) is 13.5. The van der Waals surface area contributed by atoms with Crippen LogP contribution in [0.2, 0.25) is 0 Å². The maximum absolute atomic E-state index is 10.3. The second-order valence-corrected chi connectivity index (χ2v) is 7.76. The minimum Gasteiger partial charge on any atom is -0.388 e. The lowest BCUT2D eigenvalue weighted by atomic mass is 9.63. The Kier molecular flexibility index (Phi) is 3.55. The third kappa shape index (κ3) is 2.58. The van der Waals surface area contributed by atoms with Crippen molar-refractivity contribution in [2.75, 3.05) is 0 Å². The molecule has 1 aliphatic rings. The minimum absolute atomic E-state index is 0.220. The highest BCUT2D eigenvalue weighted by molar-refractivity contribution is 5.44. The lowest BCUT2D eigenvalue weighted by Gasteiger charge is -2.42. The predicted octanol–water partition coefficient (Wildman–Crippen LogP) is 4.73. The Morgan fingerprint density at radius 3 is 2.00 bits per heavy atom. The van der Waals surface area contributed by atoms with Crippen molar-refractivity contribution in [3.63, 3.8) is 0 Å². The molecule has 1 heteroatoms. The van der Waals surface area contributed by atoms with Crippen LogP contribution in [0.5, 0.6) is 0 Å². The standard InChI is InChI=1S/C18H28O/c1-12(2)16(19)13-7-8-14-15(11-13)18(5,6)10-9-17(14,3)4/h7-8,11-12,16,19H,9-10H2,1-6H3. The first-order valence-corrected chi connectivity index (χ1v) is 7.48. The average Bonchev–Trinajstić information content (AvgIpc) is 2.33. The molecule has 1 N–H and O–H groups in total. The van der Waals surface area contributed by atoms with Crippen molar-refractivity contribution < 1.29 is 5.11 Å². The van der Waals surface area contributed by atoms with E-state index in [-0.39, 0.29) is 22.9 Å². The Bertz CT molecular complexity index is 469. The number of hydrogen-bond donors (Lipinski definition) is 1. The van der Waals surface area contributed by atoms with Crippen LogP contribution in [0.1, 0.15) is 77.2 Å². The lowest BCUT2D eigenvalue weighted by Crippen LogP contribution is -2.34. The van der Waals surface area contributed by atoms with E-state index in [0.29, 0.717) is 0 Å². The Hall–Kier alpha value is -0.820. The van der Waals surface area contributed by atoms with Gasteiger partial charge in [0.25, 0.3) is 0 Å². The van der Waals surface area contributed by atoms with Crippen molar-refractivity contribution >= 4 is 0 Å². The van der Waals surface area contributed by atoms with Gasteiger partial charge in [-0.1, -0.05) is 59.7 Å². The van der Waals surface area contributed by atoms with E-state index in [1.165, 1.54) is 24.0 Å². The van der Waals surface area contributed by atoms with Crippen LogP contribution < -0.4 is 0 Å². The Labute approximate surface area is 118 Å². The van der Waals surface area contributed by atoms with Crippen LogP contribution in [0.4, 0.5) is 0 Å². The molecule has 1 atom stereocenters. The number of aliphatic hydroxyl groups is 1. The highest BCUT2D eigenvalue weighted by Crippen LogP contribution is 2.46. The van der Waals surface area contributed by atoms with Gasteiger partial charge in [0.15, 0.2) is 0 Å².